The van der Waals surface area contributed by atoms with Gasteiger partial charge in [0.15, 0.2) is 12.6 Å². The van der Waals surface area contributed by atoms with E-state index < -0.39 is 61.4 Å². The largest absolute Gasteiger partial charge is 0.388 e. The molecule has 10 atom stereocenters. The lowest BCUT2D eigenvalue weighted by atomic mass is 9.97. The Morgan fingerprint density at radius 1 is 0.750 bits per heavy atom. The minimum atomic E-state index is -1.56. The monoisotopic (exact) mass is 370 g/mol. The Hall–Kier alpha value is -0.0100. The first kappa shape index (κ1) is 20.3. The van der Waals surface area contributed by atoms with Crippen LogP contribution in [0.5, 0.6) is 0 Å². The van der Waals surface area contributed by atoms with Crippen LogP contribution in [0.25, 0.3) is 0 Å². The van der Waals surface area contributed by atoms with Gasteiger partial charge in [0.2, 0.25) is 0 Å². The lowest BCUT2D eigenvalue weighted by molar-refractivity contribution is -0.371. The van der Waals surface area contributed by atoms with Gasteiger partial charge in [0, 0.05) is 5.75 Å². The van der Waals surface area contributed by atoms with Crippen LogP contribution in [0.4, 0.5) is 0 Å². The molecule has 9 nitrogen and oxygen atoms in total. The Morgan fingerprint density at radius 3 is 1.67 bits per heavy atom. The molecular weight excluding hydrogens is 344 g/mol. The third-order valence-electron chi connectivity index (χ3n) is 4.34. The third-order valence-corrected chi connectivity index (χ3v) is 5.00. The topological polar surface area (TPSA) is 149 Å². The zero-order valence-corrected chi connectivity index (χ0v) is 14.3. The predicted octanol–water partition coefficient (Wildman–Crippen LogP) is -2.61. The van der Waals surface area contributed by atoms with E-state index in [0.29, 0.717) is 12.2 Å². The van der Waals surface area contributed by atoms with Crippen LogP contribution in [0.1, 0.15) is 13.3 Å². The number of rotatable bonds is 5. The summed E-state index contributed by atoms with van der Waals surface area (Å²) in [5.74, 6) is 0.359. The van der Waals surface area contributed by atoms with Crippen LogP contribution >= 0.6 is 11.8 Å². The van der Waals surface area contributed by atoms with Gasteiger partial charge in [0.1, 0.15) is 36.6 Å². The molecule has 0 aliphatic carbocycles. The summed E-state index contributed by atoms with van der Waals surface area (Å²) in [5.41, 5.74) is 0. The van der Waals surface area contributed by atoms with Crippen molar-refractivity contribution < 1.29 is 44.8 Å². The van der Waals surface area contributed by atoms with E-state index in [4.69, 9.17) is 14.2 Å². The first-order valence-electron chi connectivity index (χ1n) is 7.85. The van der Waals surface area contributed by atoms with Crippen molar-refractivity contribution in [3.05, 3.63) is 0 Å². The Labute approximate surface area is 144 Å². The fourth-order valence-corrected chi connectivity index (χ4v) is 3.43. The fraction of sp³-hybridized carbons (Fsp3) is 1.00. The Morgan fingerprint density at radius 2 is 1.21 bits per heavy atom. The number of aliphatic hydroxyl groups excluding tert-OH is 6. The van der Waals surface area contributed by atoms with Crippen molar-refractivity contribution in [1.29, 1.82) is 0 Å². The highest BCUT2D eigenvalue weighted by Crippen LogP contribution is 2.29. The maximum absolute atomic E-state index is 10.0. The van der Waals surface area contributed by atoms with Gasteiger partial charge in [-0.25, -0.2) is 0 Å². The molecule has 10 heteroatoms. The molecule has 0 saturated carbocycles. The Bertz CT molecular complexity index is 398. The molecule has 0 radical (unpaired) electrons. The maximum atomic E-state index is 10.0. The maximum Gasteiger partial charge on any atom is 0.189 e. The molecule has 6 N–H and O–H groups in total. The van der Waals surface area contributed by atoms with Crippen LogP contribution < -0.4 is 0 Å². The molecule has 4 unspecified atom stereocenters. The molecule has 0 aromatic carbocycles. The lowest BCUT2D eigenvalue weighted by Gasteiger charge is -2.45. The summed E-state index contributed by atoms with van der Waals surface area (Å²) >= 11 is 1.38. The highest BCUT2D eigenvalue weighted by Gasteiger charge is 2.49. The second-order valence-corrected chi connectivity index (χ2v) is 6.94. The average Bonchev–Trinajstić information content (AvgIpc) is 2.57. The number of hydrogen-bond acceptors (Lipinski definition) is 10. The Kier molecular flexibility index (Phi) is 7.26. The summed E-state index contributed by atoms with van der Waals surface area (Å²) in [5, 5.41) is 59.6. The van der Waals surface area contributed by atoms with Crippen LogP contribution in [0.3, 0.4) is 0 Å². The van der Waals surface area contributed by atoms with Crippen molar-refractivity contribution in [1.82, 2.24) is 0 Å². The average molecular weight is 370 g/mol. The molecule has 0 aromatic rings. The minimum Gasteiger partial charge on any atom is -0.388 e. The van der Waals surface area contributed by atoms with Gasteiger partial charge in [-0.15, -0.1) is 0 Å². The van der Waals surface area contributed by atoms with Gasteiger partial charge in [-0.05, 0) is 12.7 Å². The van der Waals surface area contributed by atoms with Crippen molar-refractivity contribution in [3.63, 3.8) is 0 Å². The second-order valence-electron chi connectivity index (χ2n) is 6.03. The highest BCUT2D eigenvalue weighted by molar-refractivity contribution is 7.98. The van der Waals surface area contributed by atoms with E-state index in [1.165, 1.54) is 11.8 Å². The van der Waals surface area contributed by atoms with Gasteiger partial charge in [-0.1, -0.05) is 6.92 Å². The van der Waals surface area contributed by atoms with E-state index in [1.54, 1.807) is 13.2 Å². The summed E-state index contributed by atoms with van der Waals surface area (Å²) in [6.07, 6.45) is -10.7. The molecule has 2 heterocycles. The number of ether oxygens (including phenoxy) is 3. The summed E-state index contributed by atoms with van der Waals surface area (Å²) in [4.78, 5) is 0. The highest BCUT2D eigenvalue weighted by atomic mass is 32.2. The van der Waals surface area contributed by atoms with Crippen molar-refractivity contribution in [2.75, 3.05) is 12.0 Å². The smallest absolute Gasteiger partial charge is 0.189 e. The van der Waals surface area contributed by atoms with E-state index in [2.05, 4.69) is 0 Å². The molecule has 24 heavy (non-hydrogen) atoms. The molecule has 0 amide bonds. The SMILES string of the molecule is CCC1O[C@H](O[C@H]2OC(CSC)[C@@H](O)[C@H](O)C2O)[C@H](O)C(O)[C@@H]1O. The van der Waals surface area contributed by atoms with E-state index in [0.717, 1.165) is 0 Å². The molecule has 0 aromatic heterocycles. The van der Waals surface area contributed by atoms with Gasteiger partial charge < -0.3 is 44.8 Å². The molecule has 2 fully saturated rings. The minimum absolute atomic E-state index is 0.359. The zero-order chi connectivity index (χ0) is 18.0. The van der Waals surface area contributed by atoms with Gasteiger partial charge in [0.25, 0.3) is 0 Å². The fourth-order valence-electron chi connectivity index (χ4n) is 2.83. The second kappa shape index (κ2) is 8.58. The first-order chi connectivity index (χ1) is 11.3. The molecular formula is C14H26O9S. The normalized spacial score (nSPS) is 50.0. The molecule has 2 aliphatic heterocycles. The van der Waals surface area contributed by atoms with Crippen molar-refractivity contribution in [2.45, 2.75) is 74.8 Å². The van der Waals surface area contributed by atoms with Crippen LogP contribution in [0.2, 0.25) is 0 Å². The van der Waals surface area contributed by atoms with Crippen LogP contribution in [0, 0.1) is 0 Å². The van der Waals surface area contributed by atoms with Crippen molar-refractivity contribution >= 4 is 11.8 Å². The van der Waals surface area contributed by atoms with Gasteiger partial charge in [-0.2, -0.15) is 11.8 Å². The molecule has 2 aliphatic rings. The predicted molar refractivity (Wildman–Crippen MR) is 83.1 cm³/mol. The van der Waals surface area contributed by atoms with E-state index >= 15 is 0 Å². The molecule has 2 rings (SSSR count). The Balaban J connectivity index is 2.07. The summed E-state index contributed by atoms with van der Waals surface area (Å²) in [7, 11) is 0. The standard InChI is InChI=1S/C14H26O9S/c1-3-5-7(15)9(17)11(19)13(21-5)23-14-12(20)10(18)8(16)6(22-14)4-24-2/h5-20H,3-4H2,1-2H3/t5?,6?,7-,8-,9?,10+,11-,12?,13-,14-/m1/s1. The summed E-state index contributed by atoms with van der Waals surface area (Å²) < 4.78 is 16.3. The number of hydrogen-bond donors (Lipinski definition) is 6. The van der Waals surface area contributed by atoms with E-state index in [1.807, 2.05) is 0 Å². The third kappa shape index (κ3) is 4.04. The van der Waals surface area contributed by atoms with E-state index in [9.17, 15) is 30.6 Å². The van der Waals surface area contributed by atoms with Crippen molar-refractivity contribution in [3.8, 4) is 0 Å². The molecule has 142 valence electrons. The molecule has 2 saturated heterocycles. The van der Waals surface area contributed by atoms with E-state index in [-0.39, 0.29) is 0 Å². The van der Waals surface area contributed by atoms with Crippen LogP contribution in [0.15, 0.2) is 0 Å². The van der Waals surface area contributed by atoms with Crippen molar-refractivity contribution in [2.24, 2.45) is 0 Å². The molecule has 0 bridgehead atoms. The van der Waals surface area contributed by atoms with Gasteiger partial charge >= 0.3 is 0 Å². The summed E-state index contributed by atoms with van der Waals surface area (Å²) in [6.45, 7) is 1.73. The van der Waals surface area contributed by atoms with Gasteiger partial charge in [-0.3, -0.25) is 0 Å². The molecule has 0 spiro atoms. The zero-order valence-electron chi connectivity index (χ0n) is 13.5. The quantitative estimate of drug-likeness (QED) is 0.304. The number of thioether (sulfide) groups is 1. The summed E-state index contributed by atoms with van der Waals surface area (Å²) in [6, 6.07) is 0. The van der Waals surface area contributed by atoms with Gasteiger partial charge in [0.05, 0.1) is 12.2 Å². The number of aliphatic hydroxyl groups is 6. The first-order valence-corrected chi connectivity index (χ1v) is 9.24. The lowest BCUT2D eigenvalue weighted by Crippen LogP contribution is -2.63. The van der Waals surface area contributed by atoms with Crippen LogP contribution in [-0.2, 0) is 14.2 Å². The van der Waals surface area contributed by atoms with Crippen LogP contribution in [-0.4, -0.2) is 104 Å².